The van der Waals surface area contributed by atoms with Crippen molar-refractivity contribution in [3.05, 3.63) is 17.1 Å². The number of nitrogens with zero attached hydrogens (tertiary/aromatic N) is 3. The number of rotatable bonds is 5. The van der Waals surface area contributed by atoms with E-state index in [4.69, 9.17) is 0 Å². The van der Waals surface area contributed by atoms with Crippen molar-refractivity contribution >= 4 is 17.4 Å². The molecule has 6 heteroatoms. The smallest absolute Gasteiger partial charge is 0.225 e. The van der Waals surface area contributed by atoms with Gasteiger partial charge in [0.05, 0.1) is 6.10 Å². The summed E-state index contributed by atoms with van der Waals surface area (Å²) in [5.74, 6) is 0.416. The van der Waals surface area contributed by atoms with Crippen LogP contribution >= 0.6 is 11.5 Å². The van der Waals surface area contributed by atoms with E-state index < -0.39 is 0 Å². The molecule has 1 aromatic heterocycles. The van der Waals surface area contributed by atoms with Crippen molar-refractivity contribution in [2.24, 2.45) is 11.3 Å². The Bertz CT molecular complexity index is 561. The molecule has 0 bridgehead atoms. The normalized spacial score (nSPS) is 28.0. The zero-order valence-electron chi connectivity index (χ0n) is 15.5. The van der Waals surface area contributed by atoms with Crippen molar-refractivity contribution in [2.45, 2.75) is 58.6 Å². The Kier molecular flexibility index (Phi) is 6.12. The summed E-state index contributed by atoms with van der Waals surface area (Å²) < 4.78 is 4.19. The molecule has 2 saturated heterocycles. The molecule has 3 heterocycles. The van der Waals surface area contributed by atoms with Gasteiger partial charge in [-0.1, -0.05) is 13.8 Å². The third-order valence-electron chi connectivity index (χ3n) is 6.11. The summed E-state index contributed by atoms with van der Waals surface area (Å²) in [7, 11) is 0. The second-order valence-electron chi connectivity index (χ2n) is 7.79. The van der Waals surface area contributed by atoms with E-state index in [1.165, 1.54) is 17.1 Å². The van der Waals surface area contributed by atoms with Crippen LogP contribution in [0.15, 0.2) is 11.6 Å². The zero-order chi connectivity index (χ0) is 17.9. The van der Waals surface area contributed by atoms with Gasteiger partial charge in [0.1, 0.15) is 0 Å². The molecule has 0 saturated carbocycles. The molecule has 2 atom stereocenters. The number of hydrogen-bond acceptors (Lipinski definition) is 5. The van der Waals surface area contributed by atoms with E-state index in [1.54, 1.807) is 0 Å². The number of aliphatic hydroxyl groups is 1. The maximum absolute atomic E-state index is 12.9. The monoisotopic (exact) mass is 365 g/mol. The van der Waals surface area contributed by atoms with Crippen LogP contribution in [0.5, 0.6) is 0 Å². The second kappa shape index (κ2) is 8.14. The molecule has 3 rings (SSSR count). The molecule has 0 unspecified atom stereocenters. The highest BCUT2D eigenvalue weighted by atomic mass is 32.1. The number of aliphatic hydroxyl groups excluding tert-OH is 1. The molecule has 1 N–H and O–H groups in total. The highest BCUT2D eigenvalue weighted by Crippen LogP contribution is 2.39. The van der Waals surface area contributed by atoms with Gasteiger partial charge in [0.2, 0.25) is 5.91 Å². The molecule has 2 aliphatic rings. The number of piperidine rings is 2. The van der Waals surface area contributed by atoms with E-state index >= 15 is 0 Å². The van der Waals surface area contributed by atoms with Crippen molar-refractivity contribution in [3.63, 3.8) is 0 Å². The van der Waals surface area contributed by atoms with Gasteiger partial charge in [-0.25, -0.2) is 4.37 Å². The Morgan fingerprint density at radius 3 is 2.88 bits per heavy atom. The SMILES string of the molecule is CCC(CC)C(=O)N1CCC[C@@]2(CN(Cc3cnsc3)CC[C@H]2O)C1. The number of carbonyl (C=O) groups excluding carboxylic acids is 1. The van der Waals surface area contributed by atoms with Crippen LogP contribution in [0.1, 0.15) is 51.5 Å². The summed E-state index contributed by atoms with van der Waals surface area (Å²) in [5, 5.41) is 12.9. The van der Waals surface area contributed by atoms with Crippen molar-refractivity contribution < 1.29 is 9.90 Å². The molecule has 2 aliphatic heterocycles. The minimum absolute atomic E-state index is 0.129. The summed E-state index contributed by atoms with van der Waals surface area (Å²) in [6.07, 6.45) is 6.24. The molecular weight excluding hydrogens is 334 g/mol. The van der Waals surface area contributed by atoms with Gasteiger partial charge in [-0.3, -0.25) is 9.69 Å². The van der Waals surface area contributed by atoms with E-state index in [0.717, 1.165) is 58.3 Å². The van der Waals surface area contributed by atoms with Gasteiger partial charge in [-0.15, -0.1) is 0 Å². The summed E-state index contributed by atoms with van der Waals surface area (Å²) >= 11 is 1.49. The summed E-state index contributed by atoms with van der Waals surface area (Å²) in [5.41, 5.74) is 1.08. The molecule has 25 heavy (non-hydrogen) atoms. The van der Waals surface area contributed by atoms with Crippen LogP contribution in [-0.2, 0) is 11.3 Å². The van der Waals surface area contributed by atoms with Gasteiger partial charge >= 0.3 is 0 Å². The summed E-state index contributed by atoms with van der Waals surface area (Å²) in [6.45, 7) is 8.43. The third kappa shape index (κ3) is 4.07. The largest absolute Gasteiger partial charge is 0.392 e. The predicted octanol–water partition coefficient (Wildman–Crippen LogP) is 2.75. The highest BCUT2D eigenvalue weighted by molar-refractivity contribution is 7.03. The maximum atomic E-state index is 12.9. The quantitative estimate of drug-likeness (QED) is 0.872. The molecule has 140 valence electrons. The molecule has 0 radical (unpaired) electrons. The first kappa shape index (κ1) is 18.8. The summed E-state index contributed by atoms with van der Waals surface area (Å²) in [6, 6.07) is 0. The lowest BCUT2D eigenvalue weighted by Gasteiger charge is -2.51. The van der Waals surface area contributed by atoms with E-state index in [1.807, 2.05) is 11.1 Å². The van der Waals surface area contributed by atoms with Crippen molar-refractivity contribution in [3.8, 4) is 0 Å². The molecule has 0 aliphatic carbocycles. The average molecular weight is 366 g/mol. The lowest BCUT2D eigenvalue weighted by atomic mass is 9.71. The zero-order valence-corrected chi connectivity index (χ0v) is 16.3. The van der Waals surface area contributed by atoms with Gasteiger partial charge < -0.3 is 10.0 Å². The number of hydrogen-bond donors (Lipinski definition) is 1. The third-order valence-corrected chi connectivity index (χ3v) is 6.74. The molecular formula is C19H31N3O2S. The number of carbonyl (C=O) groups is 1. The Hall–Kier alpha value is -0.980. The lowest BCUT2D eigenvalue weighted by molar-refractivity contribution is -0.146. The summed E-state index contributed by atoms with van der Waals surface area (Å²) in [4.78, 5) is 17.3. The minimum atomic E-state index is -0.304. The Balaban J connectivity index is 1.70. The second-order valence-corrected chi connectivity index (χ2v) is 8.44. The van der Waals surface area contributed by atoms with Crippen molar-refractivity contribution in [1.82, 2.24) is 14.2 Å². The van der Waals surface area contributed by atoms with Crippen LogP contribution in [-0.4, -0.2) is 57.5 Å². The highest BCUT2D eigenvalue weighted by Gasteiger charge is 2.46. The predicted molar refractivity (Wildman–Crippen MR) is 100 cm³/mol. The maximum Gasteiger partial charge on any atom is 0.225 e. The Morgan fingerprint density at radius 2 is 2.20 bits per heavy atom. The molecule has 2 fully saturated rings. The van der Waals surface area contributed by atoms with Crippen molar-refractivity contribution in [1.29, 1.82) is 0 Å². The van der Waals surface area contributed by atoms with Crippen LogP contribution < -0.4 is 0 Å². The van der Waals surface area contributed by atoms with Gasteiger partial charge in [-0.05, 0) is 49.2 Å². The Labute approximate surface area is 155 Å². The fourth-order valence-electron chi connectivity index (χ4n) is 4.58. The molecule has 0 aromatic carbocycles. The standard InChI is InChI=1S/C19H31N3O2S/c1-3-16(4-2)18(24)22-8-5-7-19(14-22)13-21(9-6-17(19)23)11-15-10-20-25-12-15/h10,12,16-17,23H,3-9,11,13-14H2,1-2H3/t17-,19-/m1/s1. The minimum Gasteiger partial charge on any atom is -0.392 e. The fourth-order valence-corrected chi connectivity index (χ4v) is 5.11. The van der Waals surface area contributed by atoms with Gasteiger partial charge in [0.15, 0.2) is 0 Å². The first-order valence-corrected chi connectivity index (χ1v) is 10.5. The van der Waals surface area contributed by atoms with E-state index in [0.29, 0.717) is 6.54 Å². The topological polar surface area (TPSA) is 56.7 Å². The van der Waals surface area contributed by atoms with E-state index in [-0.39, 0.29) is 23.3 Å². The lowest BCUT2D eigenvalue weighted by Crippen LogP contribution is -2.60. The van der Waals surface area contributed by atoms with E-state index in [9.17, 15) is 9.90 Å². The van der Waals surface area contributed by atoms with Crippen LogP contribution in [0.3, 0.4) is 0 Å². The van der Waals surface area contributed by atoms with Crippen LogP contribution in [0, 0.1) is 11.3 Å². The van der Waals surface area contributed by atoms with Gasteiger partial charge in [0, 0.05) is 55.6 Å². The molecule has 1 amide bonds. The fraction of sp³-hybridized carbons (Fsp3) is 0.789. The van der Waals surface area contributed by atoms with Gasteiger partial charge in [0.25, 0.3) is 0 Å². The van der Waals surface area contributed by atoms with Crippen LogP contribution in [0.4, 0.5) is 0 Å². The molecule has 1 aromatic rings. The number of aromatic nitrogens is 1. The Morgan fingerprint density at radius 1 is 1.40 bits per heavy atom. The van der Waals surface area contributed by atoms with Crippen LogP contribution in [0.2, 0.25) is 0 Å². The average Bonchev–Trinajstić information content (AvgIpc) is 3.12. The van der Waals surface area contributed by atoms with E-state index in [2.05, 4.69) is 28.5 Å². The number of amides is 1. The van der Waals surface area contributed by atoms with Gasteiger partial charge in [-0.2, -0.15) is 0 Å². The van der Waals surface area contributed by atoms with Crippen LogP contribution in [0.25, 0.3) is 0 Å². The molecule has 5 nitrogen and oxygen atoms in total. The molecule has 1 spiro atoms. The first-order valence-electron chi connectivity index (χ1n) is 9.65. The first-order chi connectivity index (χ1) is 12.1. The van der Waals surface area contributed by atoms with Crippen molar-refractivity contribution in [2.75, 3.05) is 26.2 Å². The number of likely N-dealkylation sites (tertiary alicyclic amines) is 2.